The molecule has 136 valence electrons. The van der Waals surface area contributed by atoms with Crippen LogP contribution in [0.3, 0.4) is 0 Å². The summed E-state index contributed by atoms with van der Waals surface area (Å²) in [6.45, 7) is 9.65. The predicted molar refractivity (Wildman–Crippen MR) is 98.8 cm³/mol. The van der Waals surface area contributed by atoms with Gasteiger partial charge in [-0.2, -0.15) is 10.1 Å². The monoisotopic (exact) mass is 372 g/mol. The standard InChI is InChI=1S/C18H21ClN6O/c1-11-16(9-25(24-11)14-6-13(7-14)20-2)22-18-21-8-15(19)17(23-18)26-10-12-4-3-5-12/h8-9,12-14H,3-7,10H2,1H3,(H,21,22,23). The summed E-state index contributed by atoms with van der Waals surface area (Å²) in [6.07, 6.45) is 8.93. The van der Waals surface area contributed by atoms with Crippen LogP contribution in [0.4, 0.5) is 11.6 Å². The molecule has 0 radical (unpaired) electrons. The number of rotatable bonds is 6. The third-order valence-electron chi connectivity index (χ3n) is 5.20. The second-order valence-corrected chi connectivity index (χ2v) is 7.50. The Kier molecular flexibility index (Phi) is 4.68. The average molecular weight is 373 g/mol. The van der Waals surface area contributed by atoms with E-state index >= 15 is 0 Å². The zero-order valence-electron chi connectivity index (χ0n) is 14.7. The molecule has 7 nitrogen and oxygen atoms in total. The zero-order valence-corrected chi connectivity index (χ0v) is 15.4. The van der Waals surface area contributed by atoms with Crippen molar-refractivity contribution in [2.75, 3.05) is 11.9 Å². The van der Waals surface area contributed by atoms with Crippen LogP contribution in [-0.4, -0.2) is 32.4 Å². The van der Waals surface area contributed by atoms with Crippen molar-refractivity contribution in [1.29, 1.82) is 0 Å². The largest absolute Gasteiger partial charge is 0.476 e. The summed E-state index contributed by atoms with van der Waals surface area (Å²) in [4.78, 5) is 12.2. The van der Waals surface area contributed by atoms with E-state index < -0.39 is 0 Å². The number of ether oxygens (including phenoxy) is 1. The van der Waals surface area contributed by atoms with Crippen molar-refractivity contribution in [3.63, 3.8) is 0 Å². The van der Waals surface area contributed by atoms with Gasteiger partial charge in [0, 0.05) is 19.0 Å². The lowest BCUT2D eigenvalue weighted by Gasteiger charge is -2.26. The number of nitrogens with zero attached hydrogens (tertiary/aromatic N) is 5. The Morgan fingerprint density at radius 3 is 2.92 bits per heavy atom. The third kappa shape index (κ3) is 3.47. The van der Waals surface area contributed by atoms with Gasteiger partial charge in [-0.25, -0.2) is 11.6 Å². The molecule has 0 bridgehead atoms. The molecule has 2 aromatic heterocycles. The van der Waals surface area contributed by atoms with E-state index in [0.29, 0.717) is 35.4 Å². The molecule has 8 heteroatoms. The van der Waals surface area contributed by atoms with Gasteiger partial charge in [-0.1, -0.05) is 18.0 Å². The molecule has 2 aliphatic rings. The quantitative estimate of drug-likeness (QED) is 0.770. The summed E-state index contributed by atoms with van der Waals surface area (Å²) in [5, 5.41) is 8.17. The predicted octanol–water partition coefficient (Wildman–Crippen LogP) is 4.18. The van der Waals surface area contributed by atoms with Gasteiger partial charge in [-0.15, -0.1) is 0 Å². The molecule has 0 saturated heterocycles. The van der Waals surface area contributed by atoms with Crippen LogP contribution in [0.15, 0.2) is 12.4 Å². The molecule has 2 aliphatic carbocycles. The summed E-state index contributed by atoms with van der Waals surface area (Å²) in [5.74, 6) is 1.47. The lowest BCUT2D eigenvalue weighted by atomic mass is 9.86. The van der Waals surface area contributed by atoms with E-state index in [0.717, 1.165) is 24.2 Å². The van der Waals surface area contributed by atoms with E-state index in [1.165, 1.54) is 19.3 Å². The molecule has 2 saturated carbocycles. The minimum Gasteiger partial charge on any atom is -0.476 e. The van der Waals surface area contributed by atoms with Crippen molar-refractivity contribution >= 4 is 23.2 Å². The third-order valence-corrected chi connectivity index (χ3v) is 5.46. The van der Waals surface area contributed by atoms with Crippen LogP contribution in [0, 0.1) is 19.4 Å². The van der Waals surface area contributed by atoms with Crippen molar-refractivity contribution in [2.24, 2.45) is 5.92 Å². The number of aromatic nitrogens is 4. The van der Waals surface area contributed by atoms with E-state index in [1.807, 2.05) is 17.8 Å². The number of anilines is 2. The van der Waals surface area contributed by atoms with Crippen molar-refractivity contribution in [3.05, 3.63) is 34.5 Å². The average Bonchev–Trinajstić information content (AvgIpc) is 2.88. The molecule has 26 heavy (non-hydrogen) atoms. The van der Waals surface area contributed by atoms with Gasteiger partial charge in [-0.3, -0.25) is 4.68 Å². The van der Waals surface area contributed by atoms with Crippen molar-refractivity contribution < 1.29 is 4.74 Å². The summed E-state index contributed by atoms with van der Waals surface area (Å²) in [7, 11) is 0. The molecule has 2 fully saturated rings. The molecule has 4 rings (SSSR count). The highest BCUT2D eigenvalue weighted by atomic mass is 35.5. The van der Waals surface area contributed by atoms with Crippen LogP contribution < -0.4 is 10.1 Å². The lowest BCUT2D eigenvalue weighted by Crippen LogP contribution is -2.29. The number of nitrogens with one attached hydrogen (secondary N) is 1. The van der Waals surface area contributed by atoms with Crippen LogP contribution in [0.25, 0.3) is 4.85 Å². The van der Waals surface area contributed by atoms with Crippen LogP contribution in [-0.2, 0) is 0 Å². The maximum Gasteiger partial charge on any atom is 0.237 e. The van der Waals surface area contributed by atoms with Gasteiger partial charge in [-0.05, 0) is 25.7 Å². The minimum absolute atomic E-state index is 0.135. The molecule has 2 aromatic rings. The summed E-state index contributed by atoms with van der Waals surface area (Å²) < 4.78 is 7.71. The van der Waals surface area contributed by atoms with Gasteiger partial charge in [0.2, 0.25) is 17.9 Å². The SMILES string of the molecule is [C-]#[N+]C1CC(n2cc(Nc3ncc(Cl)c(OCC4CCC4)n3)c(C)n2)C1. The van der Waals surface area contributed by atoms with E-state index in [1.54, 1.807) is 6.20 Å². The molecule has 0 spiro atoms. The summed E-state index contributed by atoms with van der Waals surface area (Å²) >= 11 is 6.16. The Morgan fingerprint density at radius 2 is 2.23 bits per heavy atom. The van der Waals surface area contributed by atoms with E-state index in [9.17, 15) is 0 Å². The Balaban J connectivity index is 1.43. The van der Waals surface area contributed by atoms with Gasteiger partial charge in [0.1, 0.15) is 5.02 Å². The Labute approximate surface area is 157 Å². The Hall–Kier alpha value is -2.33. The van der Waals surface area contributed by atoms with Crippen LogP contribution in [0.5, 0.6) is 5.88 Å². The molecule has 0 amide bonds. The smallest absolute Gasteiger partial charge is 0.237 e. The van der Waals surface area contributed by atoms with Crippen LogP contribution in [0.1, 0.15) is 43.8 Å². The second-order valence-electron chi connectivity index (χ2n) is 7.10. The van der Waals surface area contributed by atoms with Crippen LogP contribution in [0.2, 0.25) is 5.02 Å². The first-order valence-corrected chi connectivity index (χ1v) is 9.35. The van der Waals surface area contributed by atoms with Crippen LogP contribution >= 0.6 is 11.6 Å². The van der Waals surface area contributed by atoms with Gasteiger partial charge in [0.15, 0.2) is 0 Å². The maximum atomic E-state index is 7.07. The topological polar surface area (TPSA) is 69.2 Å². The molecule has 0 aliphatic heterocycles. The normalized spacial score (nSPS) is 22.2. The first-order valence-electron chi connectivity index (χ1n) is 8.97. The highest BCUT2D eigenvalue weighted by molar-refractivity contribution is 6.31. The number of halogens is 1. The van der Waals surface area contributed by atoms with Crippen molar-refractivity contribution in [3.8, 4) is 5.88 Å². The number of aryl methyl sites for hydroxylation is 1. The Bertz CT molecular complexity index is 835. The van der Waals surface area contributed by atoms with Gasteiger partial charge < -0.3 is 14.9 Å². The molecular formula is C18H21ClN6O. The van der Waals surface area contributed by atoms with Gasteiger partial charge in [0.05, 0.1) is 30.2 Å². The fourth-order valence-electron chi connectivity index (χ4n) is 3.16. The first kappa shape index (κ1) is 17.1. The fourth-order valence-corrected chi connectivity index (χ4v) is 3.31. The van der Waals surface area contributed by atoms with E-state index in [2.05, 4.69) is 25.2 Å². The molecule has 1 N–H and O–H groups in total. The fraction of sp³-hybridized carbons (Fsp3) is 0.556. The van der Waals surface area contributed by atoms with Gasteiger partial charge >= 0.3 is 0 Å². The molecular weight excluding hydrogens is 352 g/mol. The molecule has 0 unspecified atom stereocenters. The number of hydrogen-bond acceptors (Lipinski definition) is 5. The van der Waals surface area contributed by atoms with Crippen molar-refractivity contribution in [1.82, 2.24) is 19.7 Å². The van der Waals surface area contributed by atoms with E-state index in [-0.39, 0.29) is 6.04 Å². The highest BCUT2D eigenvalue weighted by Crippen LogP contribution is 2.35. The first-order chi connectivity index (χ1) is 12.6. The van der Waals surface area contributed by atoms with Crippen molar-refractivity contribution in [2.45, 2.75) is 51.1 Å². The summed E-state index contributed by atoms with van der Waals surface area (Å²) in [6, 6.07) is 0.437. The van der Waals surface area contributed by atoms with Gasteiger partial charge in [0.25, 0.3) is 0 Å². The molecule has 2 heterocycles. The highest BCUT2D eigenvalue weighted by Gasteiger charge is 2.36. The summed E-state index contributed by atoms with van der Waals surface area (Å²) in [5.41, 5.74) is 1.72. The number of hydrogen-bond donors (Lipinski definition) is 1. The Morgan fingerprint density at radius 1 is 1.42 bits per heavy atom. The van der Waals surface area contributed by atoms with E-state index in [4.69, 9.17) is 22.9 Å². The molecule has 0 atom stereocenters. The second kappa shape index (κ2) is 7.12. The lowest BCUT2D eigenvalue weighted by molar-refractivity contribution is 0.176. The maximum absolute atomic E-state index is 7.07. The zero-order chi connectivity index (χ0) is 18.1. The minimum atomic E-state index is 0.135. The molecule has 0 aromatic carbocycles.